The van der Waals surface area contributed by atoms with Gasteiger partial charge in [0, 0.05) is 73.0 Å². The van der Waals surface area contributed by atoms with E-state index in [1.807, 2.05) is 35.9 Å². The van der Waals surface area contributed by atoms with Crippen LogP contribution in [0.4, 0.5) is 10.1 Å². The molecule has 2 aliphatic heterocycles. The number of ether oxygens (including phenoxy) is 1. The summed E-state index contributed by atoms with van der Waals surface area (Å²) in [7, 11) is 1.87. The molecular formula is C46H44FN11O5. The Balaban J connectivity index is 0.977. The van der Waals surface area contributed by atoms with Crippen LogP contribution in [0.25, 0.3) is 39.0 Å². The number of aromatic amines is 1. The molecule has 8 aromatic rings. The molecule has 2 aliphatic carbocycles. The number of imidazole rings is 1. The van der Waals surface area contributed by atoms with Gasteiger partial charge in [-0.15, -0.1) is 0 Å². The molecule has 7 heterocycles. The molecule has 1 unspecified atom stereocenters. The number of H-pyrrole nitrogens is 1. The van der Waals surface area contributed by atoms with Crippen molar-refractivity contribution in [3.8, 4) is 17.2 Å². The smallest absolute Gasteiger partial charge is 0.371 e. The van der Waals surface area contributed by atoms with Crippen molar-refractivity contribution in [2.24, 2.45) is 13.0 Å². The van der Waals surface area contributed by atoms with Gasteiger partial charge in [0.1, 0.15) is 22.9 Å². The Kier molecular flexibility index (Phi) is 7.93. The molecular weight excluding hydrogens is 806 g/mol. The molecule has 1 spiro atoms. The zero-order chi connectivity index (χ0) is 43.1. The van der Waals surface area contributed by atoms with Crippen LogP contribution in [-0.4, -0.2) is 86.1 Å². The second kappa shape index (κ2) is 13.2. The summed E-state index contributed by atoms with van der Waals surface area (Å²) in [4.78, 5) is 49.3. The fraction of sp³-hybridized carbons (Fsp3) is 0.348. The Morgan fingerprint density at radius 1 is 0.921 bits per heavy atom. The topological polar surface area (TPSA) is 159 Å². The third-order valence-electron chi connectivity index (χ3n) is 13.9. The lowest BCUT2D eigenvalue weighted by Crippen LogP contribution is -2.43. The molecule has 320 valence electrons. The quantitative estimate of drug-likeness (QED) is 0.221. The lowest BCUT2D eigenvalue weighted by molar-refractivity contribution is 0.0206. The summed E-state index contributed by atoms with van der Waals surface area (Å²) in [6.45, 7) is 8.26. The first-order chi connectivity index (χ1) is 30.4. The number of amides is 1. The van der Waals surface area contributed by atoms with E-state index >= 15 is 9.18 Å². The first-order valence-electron chi connectivity index (χ1n) is 21.4. The van der Waals surface area contributed by atoms with Gasteiger partial charge in [-0.25, -0.2) is 18.7 Å². The molecule has 1 saturated heterocycles. The van der Waals surface area contributed by atoms with Gasteiger partial charge < -0.3 is 19.1 Å². The van der Waals surface area contributed by atoms with Gasteiger partial charge in [0.15, 0.2) is 5.82 Å². The summed E-state index contributed by atoms with van der Waals surface area (Å²) in [5.74, 6) is -0.300. The molecule has 3 fully saturated rings. The van der Waals surface area contributed by atoms with E-state index in [1.165, 1.54) is 0 Å². The summed E-state index contributed by atoms with van der Waals surface area (Å²) in [5.41, 5.74) is 5.67. The van der Waals surface area contributed by atoms with Crippen LogP contribution >= 0.6 is 0 Å². The molecule has 4 aliphatic rings. The van der Waals surface area contributed by atoms with Gasteiger partial charge in [-0.3, -0.25) is 28.1 Å². The predicted octanol–water partition coefficient (Wildman–Crippen LogP) is 5.44. The van der Waals surface area contributed by atoms with Crippen LogP contribution in [-0.2, 0) is 30.3 Å². The van der Waals surface area contributed by atoms with Crippen molar-refractivity contribution in [2.75, 3.05) is 31.1 Å². The van der Waals surface area contributed by atoms with Gasteiger partial charge >= 0.3 is 11.4 Å². The number of aromatic nitrogens is 9. The van der Waals surface area contributed by atoms with Crippen LogP contribution in [0.1, 0.15) is 64.9 Å². The van der Waals surface area contributed by atoms with E-state index in [0.717, 1.165) is 59.1 Å². The van der Waals surface area contributed by atoms with Crippen molar-refractivity contribution in [1.82, 2.24) is 48.3 Å². The molecule has 63 heavy (non-hydrogen) atoms. The SMILES string of the molecule is Cc1cc(-n2nc3c(c2-n2ccn(-c4ccc5c(cnn5C)c4)c2=O)CN(C(=O)c2cc4cc(N5CCOC6(CC6)C5)ccc4n2C2(c4noc(=O)[nH]4)C[C@@H]2C)CC3)cc(C)c1F. The Labute approximate surface area is 358 Å². The van der Waals surface area contributed by atoms with Crippen molar-refractivity contribution in [2.45, 2.75) is 64.1 Å². The van der Waals surface area contributed by atoms with E-state index in [4.69, 9.17) is 14.4 Å². The molecule has 5 aromatic heterocycles. The van der Waals surface area contributed by atoms with E-state index in [1.54, 1.807) is 68.0 Å². The van der Waals surface area contributed by atoms with E-state index in [-0.39, 0.29) is 35.5 Å². The number of morpholine rings is 1. The minimum absolute atomic E-state index is 0.0317. The summed E-state index contributed by atoms with van der Waals surface area (Å²) < 4.78 is 34.9. The number of halogens is 1. The number of carbonyl (C=O) groups excluding carboxylic acids is 1. The average molecular weight is 850 g/mol. The Hall–Kier alpha value is -7.01. The summed E-state index contributed by atoms with van der Waals surface area (Å²) >= 11 is 0. The largest absolute Gasteiger partial charge is 0.438 e. The van der Waals surface area contributed by atoms with E-state index in [0.29, 0.717) is 71.4 Å². The van der Waals surface area contributed by atoms with E-state index in [2.05, 4.69) is 45.3 Å². The lowest BCUT2D eigenvalue weighted by atomic mass is 10.1. The van der Waals surface area contributed by atoms with Crippen molar-refractivity contribution in [3.05, 3.63) is 134 Å². The maximum Gasteiger partial charge on any atom is 0.438 e. The molecule has 16 nitrogen and oxygen atoms in total. The number of hydrogen-bond donors (Lipinski definition) is 1. The molecule has 0 radical (unpaired) electrons. The third-order valence-corrected chi connectivity index (χ3v) is 13.9. The second-order valence-electron chi connectivity index (χ2n) is 17.9. The number of benzene rings is 3. The minimum Gasteiger partial charge on any atom is -0.371 e. The zero-order valence-electron chi connectivity index (χ0n) is 35.3. The summed E-state index contributed by atoms with van der Waals surface area (Å²) in [5, 5.41) is 15.4. The van der Waals surface area contributed by atoms with Gasteiger partial charge in [0.25, 0.3) is 5.91 Å². The highest BCUT2D eigenvalue weighted by Crippen LogP contribution is 2.56. The average Bonchev–Trinajstić information content (AvgIpc) is 3.70. The third kappa shape index (κ3) is 5.67. The van der Waals surface area contributed by atoms with E-state index in [9.17, 15) is 9.59 Å². The highest BCUT2D eigenvalue weighted by molar-refractivity contribution is 6.00. The van der Waals surface area contributed by atoms with Crippen molar-refractivity contribution in [1.29, 1.82) is 0 Å². The normalized spacial score (nSPS) is 20.3. The number of nitrogens with one attached hydrogen (secondary N) is 1. The number of hydrogen-bond acceptors (Lipinski definition) is 9. The lowest BCUT2D eigenvalue weighted by Gasteiger charge is -2.35. The molecule has 1 amide bonds. The van der Waals surface area contributed by atoms with Crippen LogP contribution in [0.2, 0.25) is 0 Å². The van der Waals surface area contributed by atoms with Crippen molar-refractivity contribution < 1.29 is 18.4 Å². The van der Waals surface area contributed by atoms with Gasteiger partial charge in [-0.2, -0.15) is 10.2 Å². The highest BCUT2D eigenvalue weighted by Gasteiger charge is 2.59. The number of carbonyl (C=O) groups is 1. The Morgan fingerprint density at radius 2 is 1.67 bits per heavy atom. The molecule has 1 N–H and O–H groups in total. The zero-order valence-corrected chi connectivity index (χ0v) is 35.3. The van der Waals surface area contributed by atoms with Crippen molar-refractivity contribution in [3.63, 3.8) is 0 Å². The number of anilines is 1. The molecule has 17 heteroatoms. The number of nitrogens with zero attached hydrogens (tertiary/aromatic N) is 10. The van der Waals surface area contributed by atoms with Gasteiger partial charge in [-0.05, 0) is 105 Å². The van der Waals surface area contributed by atoms with Crippen LogP contribution in [0.3, 0.4) is 0 Å². The summed E-state index contributed by atoms with van der Waals surface area (Å²) in [6.07, 6.45) is 8.35. The number of rotatable bonds is 7. The molecule has 0 bridgehead atoms. The predicted molar refractivity (Wildman–Crippen MR) is 231 cm³/mol. The van der Waals surface area contributed by atoms with Crippen LogP contribution in [0.5, 0.6) is 0 Å². The highest BCUT2D eigenvalue weighted by atomic mass is 19.1. The molecule has 2 atom stereocenters. The number of aryl methyl sites for hydroxylation is 3. The monoisotopic (exact) mass is 849 g/mol. The molecule has 2 saturated carbocycles. The van der Waals surface area contributed by atoms with Crippen LogP contribution in [0, 0.1) is 25.6 Å². The first-order valence-corrected chi connectivity index (χ1v) is 21.4. The van der Waals surface area contributed by atoms with Crippen molar-refractivity contribution >= 4 is 33.4 Å². The van der Waals surface area contributed by atoms with Gasteiger partial charge in [0.2, 0.25) is 0 Å². The second-order valence-corrected chi connectivity index (χ2v) is 17.9. The van der Waals surface area contributed by atoms with Crippen LogP contribution in [0.15, 0.2) is 87.3 Å². The Morgan fingerprint density at radius 3 is 2.41 bits per heavy atom. The molecule has 12 rings (SSSR count). The van der Waals surface area contributed by atoms with E-state index < -0.39 is 11.3 Å². The number of fused-ring (bicyclic) bond motifs is 3. The minimum atomic E-state index is -0.818. The van der Waals surface area contributed by atoms with Gasteiger partial charge in [-0.1, -0.05) is 12.1 Å². The Bertz CT molecular complexity index is 3320. The maximum atomic E-state index is 15.3. The fourth-order valence-corrected chi connectivity index (χ4v) is 10.3. The first kappa shape index (κ1) is 37.7. The fourth-order valence-electron chi connectivity index (χ4n) is 10.3. The van der Waals surface area contributed by atoms with Gasteiger partial charge in [0.05, 0.1) is 47.5 Å². The summed E-state index contributed by atoms with van der Waals surface area (Å²) in [6, 6.07) is 17.4. The maximum absolute atomic E-state index is 15.3. The van der Waals surface area contributed by atoms with Crippen LogP contribution < -0.4 is 16.3 Å². The standard InChI is InChI=1S/C46H44FN11O5/c1-26-17-33(18-27(2)39(26)47)58-40(56-14-13-55(44(56)61)32-6-7-36-30(20-32)23-48-52(36)4)34-24-53(12-9-35(34)50-58)41(59)38-21-29-19-31(54-15-16-62-45(25-54)10-11-45)5-8-37(29)57(38)46(22-28(46)3)42-49-43(60)63-51-42/h5-8,13-14,17-21,23,28H,9-12,15-16,22,24-25H2,1-4H3,(H,49,51,60)/t28-,46?/m0/s1. The molecule has 3 aromatic carbocycles.